The van der Waals surface area contributed by atoms with Crippen molar-refractivity contribution >= 4 is 5.91 Å². The molecular formula is C21H27N3O. The predicted octanol–water partition coefficient (Wildman–Crippen LogP) is 2.88. The molecule has 0 saturated carbocycles. The van der Waals surface area contributed by atoms with E-state index in [4.69, 9.17) is 5.73 Å². The molecule has 2 N–H and O–H groups in total. The van der Waals surface area contributed by atoms with Gasteiger partial charge in [-0.25, -0.2) is 0 Å². The van der Waals surface area contributed by atoms with Crippen LogP contribution in [0.5, 0.6) is 0 Å². The van der Waals surface area contributed by atoms with Gasteiger partial charge in [0.25, 0.3) is 5.91 Å². The quantitative estimate of drug-likeness (QED) is 0.933. The molecule has 1 aliphatic rings. The number of nitrogens with zero attached hydrogens (tertiary/aromatic N) is 2. The van der Waals surface area contributed by atoms with Crippen LogP contribution in [0.2, 0.25) is 0 Å². The third-order valence-corrected chi connectivity index (χ3v) is 4.87. The first-order chi connectivity index (χ1) is 12.2. The molecule has 1 atom stereocenters. The Morgan fingerprint density at radius 2 is 1.76 bits per heavy atom. The minimum absolute atomic E-state index is 0.123. The van der Waals surface area contributed by atoms with Crippen LogP contribution in [0.3, 0.4) is 0 Å². The van der Waals surface area contributed by atoms with Crippen molar-refractivity contribution in [1.82, 2.24) is 9.80 Å². The minimum atomic E-state index is 0.123. The number of nitrogens with two attached hydrogens (primary N) is 1. The van der Waals surface area contributed by atoms with Gasteiger partial charge in [0.15, 0.2) is 0 Å². The molecule has 1 amide bonds. The summed E-state index contributed by atoms with van der Waals surface area (Å²) in [6, 6.07) is 18.4. The van der Waals surface area contributed by atoms with Crippen LogP contribution in [0.15, 0.2) is 54.6 Å². The van der Waals surface area contributed by atoms with E-state index < -0.39 is 0 Å². The zero-order valence-corrected chi connectivity index (χ0v) is 14.9. The van der Waals surface area contributed by atoms with Crippen LogP contribution >= 0.6 is 0 Å². The van der Waals surface area contributed by atoms with Crippen molar-refractivity contribution in [2.45, 2.75) is 32.5 Å². The van der Waals surface area contributed by atoms with Gasteiger partial charge in [-0.15, -0.1) is 0 Å². The fourth-order valence-electron chi connectivity index (χ4n) is 3.48. The fourth-order valence-corrected chi connectivity index (χ4v) is 3.48. The Bertz CT molecular complexity index is 684. The van der Waals surface area contributed by atoms with Gasteiger partial charge in [0.1, 0.15) is 0 Å². The highest BCUT2D eigenvalue weighted by Gasteiger charge is 2.26. The van der Waals surface area contributed by atoms with E-state index in [0.717, 1.165) is 43.7 Å². The molecule has 132 valence electrons. The topological polar surface area (TPSA) is 49.6 Å². The largest absolute Gasteiger partial charge is 0.335 e. The standard InChI is InChI=1S/C21H27N3O/c1-17-15-23(16-19-6-3-2-4-7-19)12-5-13-24(17)21(25)20-10-8-18(14-22)9-11-20/h2-4,6-11,17H,5,12-16,22H2,1H3. The molecule has 1 aliphatic heterocycles. The molecule has 3 rings (SSSR count). The second kappa shape index (κ2) is 8.28. The Labute approximate surface area is 150 Å². The van der Waals surface area contributed by atoms with Crippen LogP contribution in [0.25, 0.3) is 0 Å². The zero-order valence-electron chi connectivity index (χ0n) is 14.9. The van der Waals surface area contributed by atoms with Gasteiger partial charge in [-0.3, -0.25) is 9.69 Å². The zero-order chi connectivity index (χ0) is 17.6. The highest BCUT2D eigenvalue weighted by atomic mass is 16.2. The number of benzene rings is 2. The monoisotopic (exact) mass is 337 g/mol. The maximum absolute atomic E-state index is 12.9. The molecule has 4 nitrogen and oxygen atoms in total. The maximum atomic E-state index is 12.9. The van der Waals surface area contributed by atoms with E-state index in [1.165, 1.54) is 5.56 Å². The molecule has 0 aromatic heterocycles. The smallest absolute Gasteiger partial charge is 0.254 e. The van der Waals surface area contributed by atoms with Crippen molar-refractivity contribution in [3.63, 3.8) is 0 Å². The number of amides is 1. The molecule has 2 aromatic rings. The summed E-state index contributed by atoms with van der Waals surface area (Å²) in [6.45, 7) is 6.33. The molecule has 0 radical (unpaired) electrons. The molecule has 2 aromatic carbocycles. The fraction of sp³-hybridized carbons (Fsp3) is 0.381. The van der Waals surface area contributed by atoms with E-state index in [0.29, 0.717) is 6.54 Å². The molecule has 1 heterocycles. The number of rotatable bonds is 4. The first-order valence-corrected chi connectivity index (χ1v) is 9.03. The van der Waals surface area contributed by atoms with Crippen LogP contribution in [0.1, 0.15) is 34.8 Å². The lowest BCUT2D eigenvalue weighted by molar-refractivity contribution is 0.0691. The van der Waals surface area contributed by atoms with E-state index in [-0.39, 0.29) is 11.9 Å². The van der Waals surface area contributed by atoms with Gasteiger partial charge in [-0.2, -0.15) is 0 Å². The van der Waals surface area contributed by atoms with Gasteiger partial charge >= 0.3 is 0 Å². The average Bonchev–Trinajstić information content (AvgIpc) is 2.83. The van der Waals surface area contributed by atoms with E-state index >= 15 is 0 Å². The highest BCUT2D eigenvalue weighted by Crippen LogP contribution is 2.16. The lowest BCUT2D eigenvalue weighted by atomic mass is 10.1. The third-order valence-electron chi connectivity index (χ3n) is 4.87. The van der Waals surface area contributed by atoms with Crippen molar-refractivity contribution in [3.05, 3.63) is 71.3 Å². The van der Waals surface area contributed by atoms with Gasteiger partial charge in [-0.1, -0.05) is 42.5 Å². The number of carbonyl (C=O) groups is 1. The second-order valence-electron chi connectivity index (χ2n) is 6.82. The van der Waals surface area contributed by atoms with Crippen LogP contribution in [-0.2, 0) is 13.1 Å². The summed E-state index contributed by atoms with van der Waals surface area (Å²) < 4.78 is 0. The first-order valence-electron chi connectivity index (χ1n) is 9.03. The van der Waals surface area contributed by atoms with Crippen molar-refractivity contribution in [1.29, 1.82) is 0 Å². The summed E-state index contributed by atoms with van der Waals surface area (Å²) >= 11 is 0. The number of hydrogen-bond acceptors (Lipinski definition) is 3. The van der Waals surface area contributed by atoms with Gasteiger partial charge in [-0.05, 0) is 36.6 Å². The minimum Gasteiger partial charge on any atom is -0.335 e. The SMILES string of the molecule is CC1CN(Cc2ccccc2)CCCN1C(=O)c1ccc(CN)cc1. The Morgan fingerprint density at radius 3 is 2.44 bits per heavy atom. The highest BCUT2D eigenvalue weighted by molar-refractivity contribution is 5.94. The molecule has 1 saturated heterocycles. The van der Waals surface area contributed by atoms with Gasteiger partial charge in [0.2, 0.25) is 0 Å². The number of hydrogen-bond donors (Lipinski definition) is 1. The van der Waals surface area contributed by atoms with Crippen molar-refractivity contribution < 1.29 is 4.79 Å². The molecule has 0 bridgehead atoms. The van der Waals surface area contributed by atoms with Crippen LogP contribution in [0, 0.1) is 0 Å². The van der Waals surface area contributed by atoms with Gasteiger partial charge in [0, 0.05) is 44.3 Å². The molecule has 25 heavy (non-hydrogen) atoms. The molecule has 1 fully saturated rings. The summed E-state index contributed by atoms with van der Waals surface area (Å²) in [6.07, 6.45) is 1.00. The summed E-state index contributed by atoms with van der Waals surface area (Å²) in [7, 11) is 0. The second-order valence-corrected chi connectivity index (χ2v) is 6.82. The summed E-state index contributed by atoms with van der Waals surface area (Å²) in [5, 5.41) is 0. The Morgan fingerprint density at radius 1 is 1.04 bits per heavy atom. The van der Waals surface area contributed by atoms with Crippen molar-refractivity contribution in [2.24, 2.45) is 5.73 Å². The van der Waals surface area contributed by atoms with Gasteiger partial charge < -0.3 is 10.6 Å². The van der Waals surface area contributed by atoms with Crippen LogP contribution in [0.4, 0.5) is 0 Å². The lowest BCUT2D eigenvalue weighted by Gasteiger charge is -2.29. The normalized spacial score (nSPS) is 18.8. The van der Waals surface area contributed by atoms with E-state index in [2.05, 4.69) is 36.1 Å². The molecular weight excluding hydrogens is 310 g/mol. The Balaban J connectivity index is 1.66. The molecule has 1 unspecified atom stereocenters. The third kappa shape index (κ3) is 4.47. The van der Waals surface area contributed by atoms with Crippen LogP contribution < -0.4 is 5.73 Å². The van der Waals surface area contributed by atoms with E-state index in [9.17, 15) is 4.79 Å². The van der Waals surface area contributed by atoms with E-state index in [1.807, 2.05) is 35.2 Å². The van der Waals surface area contributed by atoms with Crippen molar-refractivity contribution in [3.8, 4) is 0 Å². The Kier molecular flexibility index (Phi) is 5.84. The average molecular weight is 337 g/mol. The number of carbonyl (C=O) groups excluding carboxylic acids is 1. The molecule has 0 spiro atoms. The van der Waals surface area contributed by atoms with Crippen molar-refractivity contribution in [2.75, 3.05) is 19.6 Å². The molecule has 4 heteroatoms. The maximum Gasteiger partial charge on any atom is 0.254 e. The summed E-state index contributed by atoms with van der Waals surface area (Å²) in [5.41, 5.74) is 8.77. The summed E-state index contributed by atoms with van der Waals surface area (Å²) in [5.74, 6) is 0.123. The summed E-state index contributed by atoms with van der Waals surface area (Å²) in [4.78, 5) is 17.4. The van der Waals surface area contributed by atoms with Crippen LogP contribution in [-0.4, -0.2) is 41.4 Å². The first kappa shape index (κ1) is 17.6. The van der Waals surface area contributed by atoms with E-state index in [1.54, 1.807) is 0 Å². The van der Waals surface area contributed by atoms with Gasteiger partial charge in [0.05, 0.1) is 0 Å². The predicted molar refractivity (Wildman–Crippen MR) is 101 cm³/mol. The molecule has 0 aliphatic carbocycles. The lowest BCUT2D eigenvalue weighted by Crippen LogP contribution is -2.42. The Hall–Kier alpha value is -2.17.